The standard InChI is InChI=1S/C24H29N3O2/c1-16-13-17(2)22(18(3)14-16)27-23(28)20-10-12-25-21(15-20)24(29)26-11-9-19-7-5-4-6-8-19/h7,10,12-15H,4-6,8-9,11H2,1-3H3,(H,26,29)(H,27,28). The largest absolute Gasteiger partial charge is 0.350 e. The van der Waals surface area contributed by atoms with Gasteiger partial charge in [-0.3, -0.25) is 14.6 Å². The van der Waals surface area contributed by atoms with Crippen LogP contribution < -0.4 is 10.6 Å². The van der Waals surface area contributed by atoms with Gasteiger partial charge in [-0.05, 0) is 76.1 Å². The second-order valence-corrected chi connectivity index (χ2v) is 7.77. The molecule has 5 heteroatoms. The molecule has 29 heavy (non-hydrogen) atoms. The van der Waals surface area contributed by atoms with Crippen LogP contribution in [0.3, 0.4) is 0 Å². The van der Waals surface area contributed by atoms with Crippen molar-refractivity contribution in [1.82, 2.24) is 10.3 Å². The molecule has 1 aromatic heterocycles. The van der Waals surface area contributed by atoms with Crippen LogP contribution in [0.1, 0.15) is 69.6 Å². The molecular weight excluding hydrogens is 362 g/mol. The Morgan fingerprint density at radius 3 is 2.48 bits per heavy atom. The number of carbonyl (C=O) groups is 2. The summed E-state index contributed by atoms with van der Waals surface area (Å²) in [5.41, 5.74) is 6.09. The van der Waals surface area contributed by atoms with Crippen molar-refractivity contribution in [2.75, 3.05) is 11.9 Å². The van der Waals surface area contributed by atoms with Gasteiger partial charge >= 0.3 is 0 Å². The Kier molecular flexibility index (Phi) is 6.81. The van der Waals surface area contributed by atoms with Crippen molar-refractivity contribution in [1.29, 1.82) is 0 Å². The SMILES string of the molecule is Cc1cc(C)c(NC(=O)c2ccnc(C(=O)NCCC3=CCCCC3)c2)c(C)c1. The monoisotopic (exact) mass is 391 g/mol. The summed E-state index contributed by atoms with van der Waals surface area (Å²) in [6.45, 7) is 6.57. The third kappa shape index (κ3) is 5.53. The van der Waals surface area contributed by atoms with E-state index in [2.05, 4.69) is 21.7 Å². The highest BCUT2D eigenvalue weighted by atomic mass is 16.2. The molecule has 0 radical (unpaired) electrons. The smallest absolute Gasteiger partial charge is 0.269 e. The van der Waals surface area contributed by atoms with E-state index >= 15 is 0 Å². The molecule has 2 N–H and O–H groups in total. The number of aromatic nitrogens is 1. The minimum atomic E-state index is -0.251. The van der Waals surface area contributed by atoms with Crippen molar-refractivity contribution in [3.05, 3.63) is 70.1 Å². The quantitative estimate of drug-likeness (QED) is 0.690. The third-order valence-electron chi connectivity index (χ3n) is 5.29. The first kappa shape index (κ1) is 20.8. The van der Waals surface area contributed by atoms with Crippen LogP contribution in [0.25, 0.3) is 0 Å². The molecule has 1 aromatic carbocycles. The molecule has 0 aliphatic heterocycles. The second-order valence-electron chi connectivity index (χ2n) is 7.77. The van der Waals surface area contributed by atoms with E-state index in [1.54, 1.807) is 12.1 Å². The number of nitrogens with one attached hydrogen (secondary N) is 2. The van der Waals surface area contributed by atoms with Crippen LogP contribution in [-0.4, -0.2) is 23.3 Å². The number of nitrogens with zero attached hydrogens (tertiary/aromatic N) is 1. The van der Waals surface area contributed by atoms with Gasteiger partial charge in [0.05, 0.1) is 0 Å². The van der Waals surface area contributed by atoms with Gasteiger partial charge < -0.3 is 10.6 Å². The van der Waals surface area contributed by atoms with Gasteiger partial charge in [-0.2, -0.15) is 0 Å². The number of rotatable bonds is 6. The maximum absolute atomic E-state index is 12.7. The van der Waals surface area contributed by atoms with E-state index in [1.165, 1.54) is 24.6 Å². The molecule has 0 bridgehead atoms. The first-order valence-corrected chi connectivity index (χ1v) is 10.3. The molecule has 152 valence electrons. The molecule has 1 aliphatic carbocycles. The summed E-state index contributed by atoms with van der Waals surface area (Å²) in [4.78, 5) is 29.3. The summed E-state index contributed by atoms with van der Waals surface area (Å²) in [6, 6.07) is 7.24. The fourth-order valence-corrected chi connectivity index (χ4v) is 3.82. The highest BCUT2D eigenvalue weighted by Crippen LogP contribution is 2.23. The summed E-state index contributed by atoms with van der Waals surface area (Å²) in [5, 5.41) is 5.88. The van der Waals surface area contributed by atoms with Crippen molar-refractivity contribution in [3.63, 3.8) is 0 Å². The summed E-state index contributed by atoms with van der Waals surface area (Å²) in [6.07, 6.45) is 9.42. The number of pyridine rings is 1. The first-order chi connectivity index (χ1) is 13.9. The maximum atomic E-state index is 12.7. The number of allylic oxidation sites excluding steroid dienone is 1. The van der Waals surface area contributed by atoms with Gasteiger partial charge in [0.15, 0.2) is 0 Å². The van der Waals surface area contributed by atoms with Crippen LogP contribution >= 0.6 is 0 Å². The van der Waals surface area contributed by atoms with E-state index in [-0.39, 0.29) is 17.5 Å². The van der Waals surface area contributed by atoms with Crippen molar-refractivity contribution < 1.29 is 9.59 Å². The molecule has 2 aromatic rings. The summed E-state index contributed by atoms with van der Waals surface area (Å²) in [7, 11) is 0. The van der Waals surface area contributed by atoms with E-state index in [9.17, 15) is 9.59 Å². The van der Waals surface area contributed by atoms with Crippen molar-refractivity contribution in [2.45, 2.75) is 52.9 Å². The van der Waals surface area contributed by atoms with Gasteiger partial charge in [0.25, 0.3) is 11.8 Å². The Hall–Kier alpha value is -2.95. The Morgan fingerprint density at radius 1 is 1.03 bits per heavy atom. The van der Waals surface area contributed by atoms with E-state index in [0.717, 1.165) is 41.6 Å². The number of hydrogen-bond acceptors (Lipinski definition) is 3. The zero-order valence-corrected chi connectivity index (χ0v) is 17.5. The van der Waals surface area contributed by atoms with Crippen LogP contribution in [0.4, 0.5) is 5.69 Å². The fraction of sp³-hybridized carbons (Fsp3) is 0.375. The highest BCUT2D eigenvalue weighted by Gasteiger charge is 2.14. The minimum Gasteiger partial charge on any atom is -0.350 e. The molecule has 3 rings (SSSR count). The molecule has 2 amide bonds. The Morgan fingerprint density at radius 2 is 1.79 bits per heavy atom. The number of amides is 2. The second kappa shape index (κ2) is 9.50. The average Bonchev–Trinajstić information content (AvgIpc) is 2.71. The number of anilines is 1. The van der Waals surface area contributed by atoms with E-state index in [0.29, 0.717) is 12.1 Å². The lowest BCUT2D eigenvalue weighted by Gasteiger charge is -2.14. The molecule has 0 atom stereocenters. The highest BCUT2D eigenvalue weighted by molar-refractivity contribution is 6.06. The summed E-state index contributed by atoms with van der Waals surface area (Å²) >= 11 is 0. The zero-order valence-electron chi connectivity index (χ0n) is 17.5. The van der Waals surface area contributed by atoms with Gasteiger partial charge in [-0.25, -0.2) is 0 Å². The normalized spacial score (nSPS) is 13.6. The summed E-state index contributed by atoms with van der Waals surface area (Å²) in [5.74, 6) is -0.498. The van der Waals surface area contributed by atoms with Crippen molar-refractivity contribution >= 4 is 17.5 Å². The van der Waals surface area contributed by atoms with Crippen molar-refractivity contribution in [2.24, 2.45) is 0 Å². The van der Waals surface area contributed by atoms with E-state index in [1.807, 2.05) is 32.9 Å². The van der Waals surface area contributed by atoms with Crippen LogP contribution in [-0.2, 0) is 0 Å². The van der Waals surface area contributed by atoms with Gasteiger partial charge in [0.2, 0.25) is 0 Å². The Labute approximate surface area is 172 Å². The molecule has 1 heterocycles. The molecule has 1 aliphatic rings. The van der Waals surface area contributed by atoms with E-state index in [4.69, 9.17) is 0 Å². The molecule has 0 spiro atoms. The van der Waals surface area contributed by atoms with Crippen molar-refractivity contribution in [3.8, 4) is 0 Å². The Bertz CT molecular complexity index is 924. The molecule has 0 saturated heterocycles. The number of benzene rings is 1. The minimum absolute atomic E-state index is 0.246. The molecule has 0 fully saturated rings. The molecule has 0 saturated carbocycles. The van der Waals surface area contributed by atoms with Gasteiger partial charge in [-0.15, -0.1) is 0 Å². The van der Waals surface area contributed by atoms with E-state index < -0.39 is 0 Å². The topological polar surface area (TPSA) is 71.1 Å². The predicted octanol–water partition coefficient (Wildman–Crippen LogP) is 4.88. The lowest BCUT2D eigenvalue weighted by atomic mass is 9.97. The Balaban J connectivity index is 1.63. The van der Waals surface area contributed by atoms with Crippen LogP contribution in [0, 0.1) is 20.8 Å². The third-order valence-corrected chi connectivity index (χ3v) is 5.29. The van der Waals surface area contributed by atoms with Crippen LogP contribution in [0.2, 0.25) is 0 Å². The number of aryl methyl sites for hydroxylation is 3. The zero-order chi connectivity index (χ0) is 20.8. The lowest BCUT2D eigenvalue weighted by Crippen LogP contribution is -2.26. The maximum Gasteiger partial charge on any atom is 0.269 e. The van der Waals surface area contributed by atoms with Gasteiger partial charge in [0.1, 0.15) is 5.69 Å². The number of hydrogen-bond donors (Lipinski definition) is 2. The number of carbonyl (C=O) groups excluding carboxylic acids is 2. The summed E-state index contributed by atoms with van der Waals surface area (Å²) < 4.78 is 0. The average molecular weight is 392 g/mol. The molecule has 5 nitrogen and oxygen atoms in total. The predicted molar refractivity (Wildman–Crippen MR) is 116 cm³/mol. The van der Waals surface area contributed by atoms with Gasteiger partial charge in [-0.1, -0.05) is 29.3 Å². The molecular formula is C24H29N3O2. The van der Waals surface area contributed by atoms with Crippen LogP contribution in [0.15, 0.2) is 42.1 Å². The fourth-order valence-electron chi connectivity index (χ4n) is 3.82. The van der Waals surface area contributed by atoms with Crippen LogP contribution in [0.5, 0.6) is 0 Å². The lowest BCUT2D eigenvalue weighted by molar-refractivity contribution is 0.0949. The first-order valence-electron chi connectivity index (χ1n) is 10.3. The van der Waals surface area contributed by atoms with Gasteiger partial charge in [0, 0.05) is 24.0 Å². The molecule has 0 unspecified atom stereocenters.